The molecule has 1 aliphatic heterocycles. The summed E-state index contributed by atoms with van der Waals surface area (Å²) < 4.78 is 6.50. The second-order valence-electron chi connectivity index (χ2n) is 6.78. The Morgan fingerprint density at radius 3 is 2.88 bits per heavy atom. The number of likely N-dealkylation sites (N-methyl/N-ethyl adjacent to an activating group) is 1. The Morgan fingerprint density at radius 2 is 1.96 bits per heavy atom. The number of likely N-dealkylation sites (tertiary alicyclic amines) is 1. The number of rotatable bonds is 3. The van der Waals surface area contributed by atoms with E-state index in [2.05, 4.69) is 59.4 Å². The second-order valence-corrected chi connectivity index (χ2v) is 6.78. The first kappa shape index (κ1) is 15.6. The molecule has 0 radical (unpaired) electrons. The highest BCUT2D eigenvalue weighted by Crippen LogP contribution is 2.35. The van der Waals surface area contributed by atoms with Crippen LogP contribution >= 0.6 is 0 Å². The molecular formula is C21H24N2O. The number of ether oxygens (including phenoxy) is 1. The Morgan fingerprint density at radius 1 is 1.08 bits per heavy atom. The Labute approximate surface area is 144 Å². The van der Waals surface area contributed by atoms with Gasteiger partial charge in [0.2, 0.25) is 0 Å². The number of nitrogens with zero attached hydrogens (tertiary/aromatic N) is 2. The van der Waals surface area contributed by atoms with Crippen molar-refractivity contribution in [2.75, 3.05) is 20.2 Å². The molecule has 1 aromatic heterocycles. The van der Waals surface area contributed by atoms with E-state index in [1.54, 1.807) is 0 Å². The normalized spacial score (nSPS) is 23.4. The van der Waals surface area contributed by atoms with Crippen molar-refractivity contribution in [1.82, 2.24) is 9.88 Å². The van der Waals surface area contributed by atoms with Crippen LogP contribution in [0.5, 0.6) is 0 Å². The maximum Gasteiger partial charge on any atom is 0.110 e. The molecule has 2 heterocycles. The predicted molar refractivity (Wildman–Crippen MR) is 97.7 cm³/mol. The molecule has 0 amide bonds. The molecule has 1 saturated heterocycles. The lowest BCUT2D eigenvalue weighted by Gasteiger charge is -2.33. The van der Waals surface area contributed by atoms with Gasteiger partial charge in [-0.25, -0.2) is 0 Å². The third-order valence-electron chi connectivity index (χ3n) is 5.23. The Balaban J connectivity index is 1.64. The van der Waals surface area contributed by atoms with Gasteiger partial charge in [0.15, 0.2) is 0 Å². The summed E-state index contributed by atoms with van der Waals surface area (Å²) in [6, 6.07) is 13.2. The lowest BCUT2D eigenvalue weighted by Crippen LogP contribution is -2.39. The van der Waals surface area contributed by atoms with Crippen molar-refractivity contribution in [3.05, 3.63) is 65.0 Å². The third-order valence-corrected chi connectivity index (χ3v) is 5.23. The van der Waals surface area contributed by atoms with Gasteiger partial charge in [0, 0.05) is 17.8 Å². The van der Waals surface area contributed by atoms with Gasteiger partial charge in [-0.1, -0.05) is 42.8 Å². The van der Waals surface area contributed by atoms with Crippen molar-refractivity contribution in [2.24, 2.45) is 0 Å². The number of benzene rings is 1. The summed E-state index contributed by atoms with van der Waals surface area (Å²) in [5.41, 5.74) is 4.63. The van der Waals surface area contributed by atoms with Crippen LogP contribution in [0.1, 0.15) is 47.8 Å². The maximum atomic E-state index is 6.50. The average molecular weight is 320 g/mol. The number of pyridine rings is 1. The van der Waals surface area contributed by atoms with Gasteiger partial charge < -0.3 is 9.64 Å². The quantitative estimate of drug-likeness (QED) is 0.849. The average Bonchev–Trinajstić information content (AvgIpc) is 2.78. The molecule has 0 saturated carbocycles. The SMILES string of the molecule is CN1CCCCC1COC1c2ccccc2C=Cc2ncccc21. The van der Waals surface area contributed by atoms with Crippen LogP contribution in [0.4, 0.5) is 0 Å². The van der Waals surface area contributed by atoms with Crippen molar-refractivity contribution < 1.29 is 4.74 Å². The van der Waals surface area contributed by atoms with Crippen LogP contribution in [0, 0.1) is 0 Å². The van der Waals surface area contributed by atoms with E-state index in [0.717, 1.165) is 17.9 Å². The lowest BCUT2D eigenvalue weighted by atomic mass is 9.98. The summed E-state index contributed by atoms with van der Waals surface area (Å²) in [5.74, 6) is 0. The van der Waals surface area contributed by atoms with Gasteiger partial charge in [0.05, 0.1) is 12.3 Å². The van der Waals surface area contributed by atoms with E-state index >= 15 is 0 Å². The molecule has 124 valence electrons. The van der Waals surface area contributed by atoms with Crippen LogP contribution in [-0.4, -0.2) is 36.1 Å². The highest BCUT2D eigenvalue weighted by atomic mass is 16.5. The Hall–Kier alpha value is -1.97. The fraction of sp³-hybridized carbons (Fsp3) is 0.381. The van der Waals surface area contributed by atoms with E-state index in [9.17, 15) is 0 Å². The van der Waals surface area contributed by atoms with Crippen molar-refractivity contribution in [2.45, 2.75) is 31.4 Å². The molecule has 2 unspecified atom stereocenters. The van der Waals surface area contributed by atoms with Gasteiger partial charge in [0.25, 0.3) is 0 Å². The summed E-state index contributed by atoms with van der Waals surface area (Å²) in [4.78, 5) is 6.98. The number of fused-ring (bicyclic) bond motifs is 2. The molecule has 2 atom stereocenters. The highest BCUT2D eigenvalue weighted by molar-refractivity contribution is 5.74. The molecule has 1 aliphatic carbocycles. The minimum atomic E-state index is -0.0461. The van der Waals surface area contributed by atoms with Crippen LogP contribution in [0.3, 0.4) is 0 Å². The topological polar surface area (TPSA) is 25.4 Å². The van der Waals surface area contributed by atoms with E-state index in [4.69, 9.17) is 4.74 Å². The number of hydrogen-bond donors (Lipinski definition) is 0. The molecule has 24 heavy (non-hydrogen) atoms. The molecule has 0 N–H and O–H groups in total. The van der Waals surface area contributed by atoms with E-state index in [-0.39, 0.29) is 6.10 Å². The van der Waals surface area contributed by atoms with E-state index in [1.165, 1.54) is 36.9 Å². The van der Waals surface area contributed by atoms with Crippen molar-refractivity contribution in [3.8, 4) is 0 Å². The predicted octanol–water partition coefficient (Wildman–Crippen LogP) is 4.16. The molecule has 3 heteroatoms. The monoisotopic (exact) mass is 320 g/mol. The number of hydrogen-bond acceptors (Lipinski definition) is 3. The minimum absolute atomic E-state index is 0.0461. The van der Waals surface area contributed by atoms with Crippen LogP contribution < -0.4 is 0 Å². The molecule has 1 fully saturated rings. The van der Waals surface area contributed by atoms with Crippen molar-refractivity contribution in [1.29, 1.82) is 0 Å². The summed E-state index contributed by atoms with van der Waals surface area (Å²) in [5, 5.41) is 0. The smallest absolute Gasteiger partial charge is 0.110 e. The lowest BCUT2D eigenvalue weighted by molar-refractivity contribution is 0.0202. The van der Waals surface area contributed by atoms with Crippen LogP contribution in [0.15, 0.2) is 42.6 Å². The fourth-order valence-corrected chi connectivity index (χ4v) is 3.77. The minimum Gasteiger partial charge on any atom is -0.367 e. The molecule has 2 aliphatic rings. The molecule has 3 nitrogen and oxygen atoms in total. The van der Waals surface area contributed by atoms with Crippen LogP contribution in [0.2, 0.25) is 0 Å². The van der Waals surface area contributed by atoms with Gasteiger partial charge in [0.1, 0.15) is 6.10 Å². The van der Waals surface area contributed by atoms with Crippen molar-refractivity contribution in [3.63, 3.8) is 0 Å². The van der Waals surface area contributed by atoms with Gasteiger partial charge in [-0.05, 0) is 49.7 Å². The molecular weight excluding hydrogens is 296 g/mol. The standard InChI is InChI=1S/C21H24N2O/c1-23-14-5-4-8-17(23)15-24-21-18-9-3-2-7-16(18)11-12-20-19(21)10-6-13-22-20/h2-3,6-7,9-13,17,21H,4-5,8,14-15H2,1H3. The summed E-state index contributed by atoms with van der Waals surface area (Å²) in [6.45, 7) is 1.94. The first-order valence-electron chi connectivity index (χ1n) is 8.87. The van der Waals surface area contributed by atoms with E-state index in [1.807, 2.05) is 12.3 Å². The van der Waals surface area contributed by atoms with Crippen LogP contribution in [-0.2, 0) is 4.74 Å². The zero-order chi connectivity index (χ0) is 16.4. The van der Waals surface area contributed by atoms with E-state index in [0.29, 0.717) is 6.04 Å². The number of piperidine rings is 1. The molecule has 2 aromatic rings. The second kappa shape index (κ2) is 6.88. The Bertz CT molecular complexity index is 691. The third kappa shape index (κ3) is 3.02. The van der Waals surface area contributed by atoms with Crippen molar-refractivity contribution >= 4 is 12.2 Å². The van der Waals surface area contributed by atoms with E-state index < -0.39 is 0 Å². The zero-order valence-electron chi connectivity index (χ0n) is 14.2. The Kier molecular flexibility index (Phi) is 4.46. The molecule has 1 aromatic carbocycles. The first-order valence-corrected chi connectivity index (χ1v) is 8.87. The highest BCUT2D eigenvalue weighted by Gasteiger charge is 2.25. The largest absolute Gasteiger partial charge is 0.367 e. The van der Waals surface area contributed by atoms with Crippen LogP contribution in [0.25, 0.3) is 12.2 Å². The summed E-state index contributed by atoms with van der Waals surface area (Å²) in [7, 11) is 2.21. The number of aromatic nitrogens is 1. The van der Waals surface area contributed by atoms with Gasteiger partial charge in [-0.15, -0.1) is 0 Å². The fourth-order valence-electron chi connectivity index (χ4n) is 3.77. The summed E-state index contributed by atoms with van der Waals surface area (Å²) in [6.07, 6.45) is 9.89. The van der Waals surface area contributed by atoms with Gasteiger partial charge in [-0.3, -0.25) is 4.98 Å². The van der Waals surface area contributed by atoms with Gasteiger partial charge in [-0.2, -0.15) is 0 Å². The summed E-state index contributed by atoms with van der Waals surface area (Å²) >= 11 is 0. The first-order chi connectivity index (χ1) is 11.8. The molecule has 0 bridgehead atoms. The molecule has 4 rings (SSSR count). The zero-order valence-corrected chi connectivity index (χ0v) is 14.2. The molecule has 0 spiro atoms. The maximum absolute atomic E-state index is 6.50. The van der Waals surface area contributed by atoms with Gasteiger partial charge >= 0.3 is 0 Å².